The largest absolute Gasteiger partial charge is 0.456 e. The molecule has 0 saturated carbocycles. The van der Waals surface area contributed by atoms with Gasteiger partial charge in [0.05, 0.1) is 22.7 Å². The number of aromatic nitrogens is 4. The van der Waals surface area contributed by atoms with Gasteiger partial charge in [0.15, 0.2) is 17.5 Å². The van der Waals surface area contributed by atoms with Crippen LogP contribution in [0.5, 0.6) is 0 Å². The van der Waals surface area contributed by atoms with Crippen LogP contribution in [0, 0.1) is 11.3 Å². The molecular formula is C46H27N5O. The molecule has 0 aliphatic rings. The fourth-order valence-electron chi connectivity index (χ4n) is 7.24. The lowest BCUT2D eigenvalue weighted by Crippen LogP contribution is -2.00. The minimum Gasteiger partial charge on any atom is -0.456 e. The second-order valence-corrected chi connectivity index (χ2v) is 12.8. The van der Waals surface area contributed by atoms with E-state index in [0.29, 0.717) is 23.0 Å². The number of furan rings is 1. The minimum atomic E-state index is 0.587. The smallest absolute Gasteiger partial charge is 0.164 e. The first-order chi connectivity index (χ1) is 25.7. The van der Waals surface area contributed by atoms with Crippen molar-refractivity contribution in [2.75, 3.05) is 0 Å². The molecule has 6 heteroatoms. The molecule has 52 heavy (non-hydrogen) atoms. The van der Waals surface area contributed by atoms with Crippen LogP contribution in [0.1, 0.15) is 5.56 Å². The molecule has 0 unspecified atom stereocenters. The SMILES string of the molecule is N#Cc1ccc(-n2c3ccccc3c3cc(-c4ccc5oc6cccc(-c7nc(-c8ccccc8)nc(-c8ccccc8)n7)c6c5c4)ccc32)cc1. The number of nitrogens with zero attached hydrogens (tertiary/aromatic N) is 5. The maximum atomic E-state index is 9.36. The Morgan fingerprint density at radius 1 is 0.462 bits per heavy atom. The Kier molecular flexibility index (Phi) is 6.76. The summed E-state index contributed by atoms with van der Waals surface area (Å²) in [5.41, 5.74) is 10.3. The molecule has 0 atom stereocenters. The second-order valence-electron chi connectivity index (χ2n) is 12.8. The molecule has 0 fully saturated rings. The molecule has 0 aliphatic carbocycles. The van der Waals surface area contributed by atoms with E-state index in [1.165, 1.54) is 5.39 Å². The van der Waals surface area contributed by atoms with Gasteiger partial charge in [0.25, 0.3) is 0 Å². The third kappa shape index (κ3) is 4.84. The van der Waals surface area contributed by atoms with Crippen LogP contribution >= 0.6 is 0 Å². The third-order valence-corrected chi connectivity index (χ3v) is 9.70. The molecule has 0 aliphatic heterocycles. The van der Waals surface area contributed by atoms with E-state index >= 15 is 0 Å². The Morgan fingerprint density at radius 3 is 1.79 bits per heavy atom. The average molecular weight is 666 g/mol. The molecule has 242 valence electrons. The van der Waals surface area contributed by atoms with Crippen molar-refractivity contribution in [3.05, 3.63) is 169 Å². The molecule has 0 N–H and O–H groups in total. The first-order valence-electron chi connectivity index (χ1n) is 17.1. The van der Waals surface area contributed by atoms with Gasteiger partial charge >= 0.3 is 0 Å². The Bertz CT molecular complexity index is 2950. The molecule has 0 bridgehead atoms. The van der Waals surface area contributed by atoms with E-state index in [9.17, 15) is 5.26 Å². The van der Waals surface area contributed by atoms with E-state index < -0.39 is 0 Å². The van der Waals surface area contributed by atoms with E-state index in [1.807, 2.05) is 97.1 Å². The van der Waals surface area contributed by atoms with Gasteiger partial charge in [0.1, 0.15) is 11.2 Å². The molecule has 7 aromatic carbocycles. The molecule has 10 aromatic rings. The van der Waals surface area contributed by atoms with Crippen molar-refractivity contribution in [3.8, 4) is 57.0 Å². The molecular weight excluding hydrogens is 639 g/mol. The van der Waals surface area contributed by atoms with Crippen molar-refractivity contribution in [1.29, 1.82) is 5.26 Å². The van der Waals surface area contributed by atoms with Crippen molar-refractivity contribution in [2.24, 2.45) is 0 Å². The van der Waals surface area contributed by atoms with E-state index in [0.717, 1.165) is 71.9 Å². The first-order valence-corrected chi connectivity index (χ1v) is 17.1. The van der Waals surface area contributed by atoms with Gasteiger partial charge in [0.2, 0.25) is 0 Å². The van der Waals surface area contributed by atoms with Crippen molar-refractivity contribution < 1.29 is 4.42 Å². The van der Waals surface area contributed by atoms with Crippen molar-refractivity contribution in [2.45, 2.75) is 0 Å². The summed E-state index contributed by atoms with van der Waals surface area (Å²) in [6, 6.07) is 57.5. The van der Waals surface area contributed by atoms with Gasteiger partial charge in [-0.3, -0.25) is 0 Å². The van der Waals surface area contributed by atoms with Crippen molar-refractivity contribution >= 4 is 43.7 Å². The number of hydrogen-bond donors (Lipinski definition) is 0. The molecule has 3 heterocycles. The zero-order valence-electron chi connectivity index (χ0n) is 27.7. The van der Waals surface area contributed by atoms with Crippen LogP contribution < -0.4 is 0 Å². The summed E-state index contributed by atoms with van der Waals surface area (Å²) >= 11 is 0. The number of para-hydroxylation sites is 1. The van der Waals surface area contributed by atoms with Gasteiger partial charge in [0, 0.05) is 43.9 Å². The molecule has 10 rings (SSSR count). The van der Waals surface area contributed by atoms with Gasteiger partial charge in [-0.25, -0.2) is 15.0 Å². The van der Waals surface area contributed by atoms with E-state index in [1.54, 1.807) is 0 Å². The van der Waals surface area contributed by atoms with Crippen LogP contribution in [0.2, 0.25) is 0 Å². The molecule has 6 nitrogen and oxygen atoms in total. The van der Waals surface area contributed by atoms with Gasteiger partial charge in [-0.1, -0.05) is 103 Å². The fourth-order valence-corrected chi connectivity index (χ4v) is 7.24. The fraction of sp³-hybridized carbons (Fsp3) is 0. The summed E-state index contributed by atoms with van der Waals surface area (Å²) in [7, 11) is 0. The third-order valence-electron chi connectivity index (χ3n) is 9.70. The highest BCUT2D eigenvalue weighted by Gasteiger charge is 2.19. The summed E-state index contributed by atoms with van der Waals surface area (Å²) < 4.78 is 8.70. The summed E-state index contributed by atoms with van der Waals surface area (Å²) in [5, 5.41) is 13.6. The first kappa shape index (κ1) is 29.5. The lowest BCUT2D eigenvalue weighted by atomic mass is 9.99. The standard InChI is InChI=1S/C46H27N5O/c47-28-29-18-22-34(23-19-29)51-39-16-8-7-14-35(39)37-26-32(20-24-40(37)51)33-21-25-41-38(27-33)43-36(15-9-17-42(43)52-41)46-49-44(30-10-3-1-4-11-30)48-45(50-46)31-12-5-2-6-13-31/h1-27H. The molecule has 3 aromatic heterocycles. The normalized spacial score (nSPS) is 11.4. The molecule has 0 saturated heterocycles. The second kappa shape index (κ2) is 11.9. The number of nitriles is 1. The van der Waals surface area contributed by atoms with Crippen molar-refractivity contribution in [1.82, 2.24) is 19.5 Å². The van der Waals surface area contributed by atoms with Crippen LogP contribution in [0.4, 0.5) is 0 Å². The predicted molar refractivity (Wildman–Crippen MR) is 208 cm³/mol. The Labute approximate surface area is 298 Å². The van der Waals surface area contributed by atoms with E-state index in [2.05, 4.69) is 77.4 Å². The lowest BCUT2D eigenvalue weighted by Gasteiger charge is -2.09. The minimum absolute atomic E-state index is 0.587. The number of fused-ring (bicyclic) bond motifs is 6. The zero-order valence-corrected chi connectivity index (χ0v) is 27.7. The van der Waals surface area contributed by atoms with Crippen LogP contribution in [0.15, 0.2) is 168 Å². The highest BCUT2D eigenvalue weighted by Crippen LogP contribution is 2.40. The van der Waals surface area contributed by atoms with Crippen LogP contribution in [0.3, 0.4) is 0 Å². The van der Waals surface area contributed by atoms with Crippen LogP contribution in [-0.2, 0) is 0 Å². The van der Waals surface area contributed by atoms with Gasteiger partial charge in [-0.15, -0.1) is 0 Å². The zero-order chi connectivity index (χ0) is 34.6. The summed E-state index contributed by atoms with van der Waals surface area (Å²) in [5.74, 6) is 1.82. The van der Waals surface area contributed by atoms with Crippen LogP contribution in [-0.4, -0.2) is 19.5 Å². The predicted octanol–water partition coefficient (Wildman–Crippen LogP) is 11.4. The maximum absolute atomic E-state index is 9.36. The van der Waals surface area contributed by atoms with E-state index in [-0.39, 0.29) is 0 Å². The Balaban J connectivity index is 1.15. The van der Waals surface area contributed by atoms with Crippen LogP contribution in [0.25, 0.3) is 94.7 Å². The van der Waals surface area contributed by atoms with Gasteiger partial charge in [-0.2, -0.15) is 5.26 Å². The van der Waals surface area contributed by atoms with E-state index in [4.69, 9.17) is 19.4 Å². The highest BCUT2D eigenvalue weighted by molar-refractivity contribution is 6.14. The highest BCUT2D eigenvalue weighted by atomic mass is 16.3. The monoisotopic (exact) mass is 665 g/mol. The summed E-state index contributed by atoms with van der Waals surface area (Å²) in [4.78, 5) is 15.0. The lowest BCUT2D eigenvalue weighted by molar-refractivity contribution is 0.669. The molecule has 0 radical (unpaired) electrons. The van der Waals surface area contributed by atoms with Crippen molar-refractivity contribution in [3.63, 3.8) is 0 Å². The number of hydrogen-bond acceptors (Lipinski definition) is 5. The van der Waals surface area contributed by atoms with Gasteiger partial charge in [-0.05, 0) is 71.8 Å². The molecule has 0 amide bonds. The topological polar surface area (TPSA) is 80.5 Å². The quantitative estimate of drug-likeness (QED) is 0.183. The summed E-state index contributed by atoms with van der Waals surface area (Å²) in [6.45, 7) is 0. The Morgan fingerprint density at radius 2 is 1.08 bits per heavy atom. The molecule has 0 spiro atoms. The Hall–Kier alpha value is -7.36. The van der Waals surface area contributed by atoms with Gasteiger partial charge < -0.3 is 8.98 Å². The number of benzene rings is 7. The average Bonchev–Trinajstić information content (AvgIpc) is 3.76. The number of rotatable bonds is 5. The maximum Gasteiger partial charge on any atom is 0.164 e. The summed E-state index contributed by atoms with van der Waals surface area (Å²) in [6.07, 6.45) is 0.